The molecule has 0 saturated carbocycles. The third kappa shape index (κ3) is 3.85. The second-order valence-corrected chi connectivity index (χ2v) is 8.84. The van der Waals surface area contributed by atoms with Crippen molar-refractivity contribution in [3.63, 3.8) is 0 Å². The Bertz CT molecular complexity index is 1550. The van der Waals surface area contributed by atoms with E-state index in [-0.39, 0.29) is 5.91 Å². The molecule has 0 spiro atoms. The number of nitrogens with one attached hydrogen (secondary N) is 1. The van der Waals surface area contributed by atoms with Gasteiger partial charge in [-0.05, 0) is 61.4 Å². The van der Waals surface area contributed by atoms with E-state index in [4.69, 9.17) is 4.74 Å². The van der Waals surface area contributed by atoms with Crippen molar-refractivity contribution in [2.75, 3.05) is 13.2 Å². The molecule has 0 radical (unpaired) electrons. The largest absolute Gasteiger partial charge is 0.491 e. The van der Waals surface area contributed by atoms with Crippen LogP contribution in [0.1, 0.15) is 27.4 Å². The monoisotopic (exact) mass is 463 g/mol. The molecular weight excluding hydrogens is 438 g/mol. The van der Waals surface area contributed by atoms with E-state index in [1.165, 1.54) is 0 Å². The molecule has 2 aromatic heterocycles. The number of benzene rings is 3. The van der Waals surface area contributed by atoms with Gasteiger partial charge in [-0.25, -0.2) is 9.67 Å². The minimum atomic E-state index is -0.0408. The smallest absolute Gasteiger partial charge is 0.257 e. The van der Waals surface area contributed by atoms with Crippen molar-refractivity contribution in [1.29, 1.82) is 0 Å². The second-order valence-electron chi connectivity index (χ2n) is 8.84. The van der Waals surface area contributed by atoms with Crippen LogP contribution in [0.15, 0.2) is 72.9 Å². The Balaban J connectivity index is 1.30. The first-order valence-electron chi connectivity index (χ1n) is 11.7. The van der Waals surface area contributed by atoms with Crippen molar-refractivity contribution in [2.24, 2.45) is 0 Å². The van der Waals surface area contributed by atoms with Crippen molar-refractivity contribution in [1.82, 2.24) is 24.6 Å². The average Bonchev–Trinajstić information content (AvgIpc) is 3.36. The molecule has 0 fully saturated rings. The molecule has 1 aliphatic heterocycles. The molecule has 0 saturated heterocycles. The standard InChI is InChI=1S/C28H25N5O2/c1-18-24(16-29-33(18)23-6-4-3-5-7-23)28(34)32-12-13-35-27-11-9-20(14-22(27)17-32)21-8-10-25-26(15-21)31-19(2)30-25/h3-11,14-16H,12-13,17H2,1-2H3,(H,30,31). The van der Waals surface area contributed by atoms with Crippen LogP contribution in [0.25, 0.3) is 27.8 Å². The van der Waals surface area contributed by atoms with Gasteiger partial charge in [0.15, 0.2) is 0 Å². The first-order chi connectivity index (χ1) is 17.1. The molecule has 5 aromatic rings. The van der Waals surface area contributed by atoms with Crippen molar-refractivity contribution in [2.45, 2.75) is 20.4 Å². The lowest BCUT2D eigenvalue weighted by atomic mass is 10.0. The van der Waals surface area contributed by atoms with Gasteiger partial charge in [0.05, 0.1) is 40.7 Å². The number of hydrogen-bond donors (Lipinski definition) is 1. The van der Waals surface area contributed by atoms with Crippen LogP contribution in [0.5, 0.6) is 5.75 Å². The molecule has 7 heteroatoms. The average molecular weight is 464 g/mol. The van der Waals surface area contributed by atoms with Crippen molar-refractivity contribution < 1.29 is 9.53 Å². The lowest BCUT2D eigenvalue weighted by molar-refractivity contribution is 0.0732. The minimum absolute atomic E-state index is 0.0408. The molecule has 1 amide bonds. The second kappa shape index (κ2) is 8.43. The summed E-state index contributed by atoms with van der Waals surface area (Å²) in [6.07, 6.45) is 1.66. The van der Waals surface area contributed by atoms with E-state index >= 15 is 0 Å². The number of para-hydroxylation sites is 1. The van der Waals surface area contributed by atoms with Crippen molar-refractivity contribution in [3.05, 3.63) is 95.6 Å². The molecule has 6 rings (SSSR count). The zero-order valence-corrected chi connectivity index (χ0v) is 19.7. The number of imidazole rings is 1. The van der Waals surface area contributed by atoms with Gasteiger partial charge in [0.2, 0.25) is 0 Å². The molecule has 0 bridgehead atoms. The van der Waals surface area contributed by atoms with Crippen molar-refractivity contribution >= 4 is 16.9 Å². The number of aromatic amines is 1. The Morgan fingerprint density at radius 2 is 1.80 bits per heavy atom. The number of ether oxygens (including phenoxy) is 1. The van der Waals surface area contributed by atoms with Crippen molar-refractivity contribution in [3.8, 4) is 22.6 Å². The SMILES string of the molecule is Cc1nc2ccc(-c3ccc4c(c3)CN(C(=O)c3cnn(-c5ccccc5)c3C)CCO4)cc2[nH]1. The Hall–Kier alpha value is -4.39. The molecule has 0 unspecified atom stereocenters. The fourth-order valence-electron chi connectivity index (χ4n) is 4.68. The number of aryl methyl sites for hydroxylation is 1. The van der Waals surface area contributed by atoms with Gasteiger partial charge in [-0.3, -0.25) is 4.79 Å². The number of aromatic nitrogens is 4. The number of carbonyl (C=O) groups excluding carboxylic acids is 1. The number of rotatable bonds is 3. The van der Waals surface area contributed by atoms with Crippen LogP contribution in [0.4, 0.5) is 0 Å². The number of H-pyrrole nitrogens is 1. The van der Waals surface area contributed by atoms with Crippen LogP contribution in [0, 0.1) is 13.8 Å². The Morgan fingerprint density at radius 1 is 1.00 bits per heavy atom. The molecule has 3 aromatic carbocycles. The Labute approximate surface area is 203 Å². The minimum Gasteiger partial charge on any atom is -0.491 e. The van der Waals surface area contributed by atoms with Gasteiger partial charge in [0, 0.05) is 12.1 Å². The van der Waals surface area contributed by atoms with Crippen LogP contribution >= 0.6 is 0 Å². The molecule has 3 heterocycles. The van der Waals surface area contributed by atoms with Crippen LogP contribution in [0.2, 0.25) is 0 Å². The van der Waals surface area contributed by atoms with E-state index in [0.29, 0.717) is 25.3 Å². The van der Waals surface area contributed by atoms with Gasteiger partial charge in [-0.15, -0.1) is 0 Å². The summed E-state index contributed by atoms with van der Waals surface area (Å²) in [5, 5.41) is 4.48. The highest BCUT2D eigenvalue weighted by atomic mass is 16.5. The topological polar surface area (TPSA) is 76.0 Å². The van der Waals surface area contributed by atoms with Gasteiger partial charge in [0.25, 0.3) is 5.91 Å². The number of nitrogens with zero attached hydrogens (tertiary/aromatic N) is 4. The maximum Gasteiger partial charge on any atom is 0.257 e. The molecule has 1 N–H and O–H groups in total. The maximum absolute atomic E-state index is 13.5. The summed E-state index contributed by atoms with van der Waals surface area (Å²) in [5.41, 5.74) is 7.47. The van der Waals surface area contributed by atoms with Gasteiger partial charge in [-0.1, -0.05) is 30.3 Å². The van der Waals surface area contributed by atoms with Crippen LogP contribution in [0.3, 0.4) is 0 Å². The first kappa shape index (κ1) is 21.2. The van der Waals surface area contributed by atoms with Gasteiger partial charge < -0.3 is 14.6 Å². The zero-order valence-electron chi connectivity index (χ0n) is 19.7. The fraction of sp³-hybridized carbons (Fsp3) is 0.179. The van der Waals surface area contributed by atoms with E-state index in [0.717, 1.165) is 50.7 Å². The number of fused-ring (bicyclic) bond motifs is 2. The zero-order chi connectivity index (χ0) is 23.9. The highest BCUT2D eigenvalue weighted by Gasteiger charge is 2.25. The predicted octanol–water partition coefficient (Wildman–Crippen LogP) is 5.07. The van der Waals surface area contributed by atoms with Crippen LogP contribution in [-0.4, -0.2) is 43.7 Å². The third-order valence-electron chi connectivity index (χ3n) is 6.50. The van der Waals surface area contributed by atoms with E-state index in [1.54, 1.807) is 10.9 Å². The normalized spacial score (nSPS) is 13.4. The van der Waals surface area contributed by atoms with Crippen LogP contribution in [-0.2, 0) is 6.54 Å². The molecule has 7 nitrogen and oxygen atoms in total. The van der Waals surface area contributed by atoms with Crippen LogP contribution < -0.4 is 4.74 Å². The summed E-state index contributed by atoms with van der Waals surface area (Å²) >= 11 is 0. The summed E-state index contributed by atoms with van der Waals surface area (Å²) in [7, 11) is 0. The Morgan fingerprint density at radius 3 is 2.66 bits per heavy atom. The van der Waals surface area contributed by atoms with E-state index in [9.17, 15) is 4.79 Å². The number of hydrogen-bond acceptors (Lipinski definition) is 4. The molecule has 0 atom stereocenters. The number of carbonyl (C=O) groups is 1. The lowest BCUT2D eigenvalue weighted by Gasteiger charge is -2.20. The molecule has 1 aliphatic rings. The molecular formula is C28H25N5O2. The summed E-state index contributed by atoms with van der Waals surface area (Å²) in [6.45, 7) is 5.32. The summed E-state index contributed by atoms with van der Waals surface area (Å²) in [5.74, 6) is 1.67. The fourth-order valence-corrected chi connectivity index (χ4v) is 4.68. The highest BCUT2D eigenvalue weighted by molar-refractivity contribution is 5.95. The van der Waals surface area contributed by atoms with Gasteiger partial charge >= 0.3 is 0 Å². The molecule has 174 valence electrons. The quantitative estimate of drug-likeness (QED) is 0.405. The first-order valence-corrected chi connectivity index (χ1v) is 11.7. The lowest BCUT2D eigenvalue weighted by Crippen LogP contribution is -2.32. The Kier molecular flexibility index (Phi) is 5.10. The predicted molar refractivity (Wildman–Crippen MR) is 135 cm³/mol. The maximum atomic E-state index is 13.5. The summed E-state index contributed by atoms with van der Waals surface area (Å²) in [6, 6.07) is 22.2. The third-order valence-corrected chi connectivity index (χ3v) is 6.50. The summed E-state index contributed by atoms with van der Waals surface area (Å²) < 4.78 is 7.81. The molecule has 0 aliphatic carbocycles. The summed E-state index contributed by atoms with van der Waals surface area (Å²) in [4.78, 5) is 23.2. The van der Waals surface area contributed by atoms with E-state index in [1.807, 2.05) is 61.2 Å². The van der Waals surface area contributed by atoms with E-state index < -0.39 is 0 Å². The molecule has 35 heavy (non-hydrogen) atoms. The van der Waals surface area contributed by atoms with Gasteiger partial charge in [-0.2, -0.15) is 5.10 Å². The van der Waals surface area contributed by atoms with E-state index in [2.05, 4.69) is 39.3 Å². The van der Waals surface area contributed by atoms with Gasteiger partial charge in [0.1, 0.15) is 18.2 Å². The highest BCUT2D eigenvalue weighted by Crippen LogP contribution is 2.31. The number of amides is 1.